The van der Waals surface area contributed by atoms with Gasteiger partial charge in [0.05, 0.1) is 6.04 Å². The van der Waals surface area contributed by atoms with Gasteiger partial charge in [0.2, 0.25) is 11.5 Å². The summed E-state index contributed by atoms with van der Waals surface area (Å²) in [7, 11) is 1.77. The third-order valence-electron chi connectivity index (χ3n) is 5.95. The third-order valence-corrected chi connectivity index (χ3v) is 5.95. The minimum atomic E-state index is -0.455. The highest BCUT2D eigenvalue weighted by molar-refractivity contribution is 5.95. The van der Waals surface area contributed by atoms with Crippen molar-refractivity contribution in [1.29, 1.82) is 0 Å². The molecule has 0 radical (unpaired) electrons. The van der Waals surface area contributed by atoms with Crippen LogP contribution in [0, 0.1) is 18.8 Å². The van der Waals surface area contributed by atoms with Crippen molar-refractivity contribution in [3.8, 4) is 11.1 Å². The lowest BCUT2D eigenvalue weighted by atomic mass is 9.79. The number of benzene rings is 1. The van der Waals surface area contributed by atoms with Gasteiger partial charge in [0.15, 0.2) is 0 Å². The van der Waals surface area contributed by atoms with Crippen LogP contribution in [0.15, 0.2) is 41.2 Å². The lowest BCUT2D eigenvalue weighted by Crippen LogP contribution is -2.43. The third kappa shape index (κ3) is 4.83. The van der Waals surface area contributed by atoms with Gasteiger partial charge in [0.1, 0.15) is 0 Å². The molecule has 6 heteroatoms. The normalized spacial score (nSPS) is 20.1. The Bertz CT molecular complexity index is 868. The zero-order valence-electron chi connectivity index (χ0n) is 16.8. The fourth-order valence-corrected chi connectivity index (χ4v) is 3.86. The largest absolute Gasteiger partial charge is 0.325 e. The number of hydrogen-bond acceptors (Lipinski definition) is 3. The summed E-state index contributed by atoms with van der Waals surface area (Å²) in [6, 6.07) is 10.6. The van der Waals surface area contributed by atoms with Crippen LogP contribution in [0.5, 0.6) is 0 Å². The fraction of sp³-hybridized carbons (Fsp3) is 0.455. The number of rotatable bonds is 4. The summed E-state index contributed by atoms with van der Waals surface area (Å²) in [5, 5.41) is 2.94. The summed E-state index contributed by atoms with van der Waals surface area (Å²) in [4.78, 5) is 24.2. The van der Waals surface area contributed by atoms with Gasteiger partial charge in [-0.25, -0.2) is 0 Å². The number of carbonyl (C=O) groups excluding carboxylic acids is 1. The molecule has 1 aliphatic rings. The summed E-state index contributed by atoms with van der Waals surface area (Å²) in [6.45, 7) is 4.19. The van der Waals surface area contributed by atoms with Crippen LogP contribution < -0.4 is 16.6 Å². The topological polar surface area (TPSA) is 77.1 Å². The number of carbonyl (C=O) groups is 1. The van der Waals surface area contributed by atoms with Crippen molar-refractivity contribution in [1.82, 2.24) is 4.57 Å². The van der Waals surface area contributed by atoms with E-state index in [2.05, 4.69) is 12.2 Å². The molecule has 152 valence electrons. The van der Waals surface area contributed by atoms with E-state index in [0.29, 0.717) is 0 Å². The zero-order chi connectivity index (χ0) is 19.6. The van der Waals surface area contributed by atoms with E-state index in [4.69, 9.17) is 5.73 Å². The first-order chi connectivity index (χ1) is 12.9. The number of nitrogens with one attached hydrogen (secondary N) is 1. The Morgan fingerprint density at radius 1 is 1.11 bits per heavy atom. The molecule has 3 N–H and O–H groups in total. The minimum absolute atomic E-state index is 0. The summed E-state index contributed by atoms with van der Waals surface area (Å²) < 4.78 is 1.63. The molecule has 0 saturated heterocycles. The molecule has 3 rings (SSSR count). The highest BCUT2D eigenvalue weighted by atomic mass is 35.5. The van der Waals surface area contributed by atoms with Crippen molar-refractivity contribution in [2.75, 3.05) is 5.32 Å². The average Bonchev–Trinajstić information content (AvgIpc) is 2.67. The SMILES string of the molecule is Cc1c(-c2ccc(NC(=O)C(N)C3CCC(C)CC3)cc2)ccc(=O)n1C.Cl. The second-order valence-electron chi connectivity index (χ2n) is 7.84. The van der Waals surface area contributed by atoms with Gasteiger partial charge in [-0.1, -0.05) is 31.9 Å². The molecule has 0 aliphatic heterocycles. The lowest BCUT2D eigenvalue weighted by Gasteiger charge is -2.29. The lowest BCUT2D eigenvalue weighted by molar-refractivity contribution is -0.118. The van der Waals surface area contributed by atoms with Crippen LogP contribution in [0.3, 0.4) is 0 Å². The fourth-order valence-electron chi connectivity index (χ4n) is 3.86. The van der Waals surface area contributed by atoms with E-state index in [9.17, 15) is 9.59 Å². The molecule has 1 aromatic heterocycles. The number of hydrogen-bond donors (Lipinski definition) is 2. The van der Waals surface area contributed by atoms with E-state index < -0.39 is 6.04 Å². The van der Waals surface area contributed by atoms with E-state index in [1.807, 2.05) is 37.3 Å². The second kappa shape index (κ2) is 9.39. The van der Waals surface area contributed by atoms with E-state index >= 15 is 0 Å². The molecular formula is C22H30ClN3O2. The Morgan fingerprint density at radius 3 is 2.32 bits per heavy atom. The molecule has 1 unspecified atom stereocenters. The van der Waals surface area contributed by atoms with E-state index in [1.54, 1.807) is 17.7 Å². The minimum Gasteiger partial charge on any atom is -0.325 e. The molecule has 1 heterocycles. The number of anilines is 1. The first-order valence-electron chi connectivity index (χ1n) is 9.70. The van der Waals surface area contributed by atoms with Gasteiger partial charge < -0.3 is 15.6 Å². The molecule has 1 fully saturated rings. The van der Waals surface area contributed by atoms with Crippen molar-refractivity contribution in [2.24, 2.45) is 24.6 Å². The van der Waals surface area contributed by atoms with E-state index in [0.717, 1.165) is 54.1 Å². The van der Waals surface area contributed by atoms with Crippen LogP contribution in [0.2, 0.25) is 0 Å². The van der Waals surface area contributed by atoms with Crippen molar-refractivity contribution in [3.63, 3.8) is 0 Å². The molecule has 28 heavy (non-hydrogen) atoms. The van der Waals surface area contributed by atoms with Crippen molar-refractivity contribution in [2.45, 2.75) is 45.6 Å². The molecular weight excluding hydrogens is 374 g/mol. The number of halogens is 1. The monoisotopic (exact) mass is 403 g/mol. The Balaban J connectivity index is 0.00000280. The van der Waals surface area contributed by atoms with Gasteiger partial charge in [-0.3, -0.25) is 9.59 Å². The predicted octanol–water partition coefficient (Wildman–Crippen LogP) is 3.87. The van der Waals surface area contributed by atoms with E-state index in [1.165, 1.54) is 0 Å². The van der Waals surface area contributed by atoms with Crippen LogP contribution in [-0.4, -0.2) is 16.5 Å². The van der Waals surface area contributed by atoms with Gasteiger partial charge in [0.25, 0.3) is 0 Å². The quantitative estimate of drug-likeness (QED) is 0.813. The van der Waals surface area contributed by atoms with Gasteiger partial charge in [-0.15, -0.1) is 12.4 Å². The van der Waals surface area contributed by atoms with Gasteiger partial charge >= 0.3 is 0 Å². The molecule has 1 amide bonds. The summed E-state index contributed by atoms with van der Waals surface area (Å²) >= 11 is 0. The maximum Gasteiger partial charge on any atom is 0.250 e. The summed E-state index contributed by atoms with van der Waals surface area (Å²) in [6.07, 6.45) is 4.36. The molecule has 5 nitrogen and oxygen atoms in total. The summed E-state index contributed by atoms with van der Waals surface area (Å²) in [5.41, 5.74) is 9.85. The maximum absolute atomic E-state index is 12.5. The standard InChI is InChI=1S/C22H29N3O2.ClH/c1-14-4-6-17(7-5-14)21(23)22(27)24-18-10-8-16(9-11-18)19-12-13-20(26)25(3)15(19)2;/h8-14,17,21H,4-7,23H2,1-3H3,(H,24,27);1H. The van der Waals surface area contributed by atoms with Gasteiger partial charge in [0, 0.05) is 30.1 Å². The zero-order valence-corrected chi connectivity index (χ0v) is 17.6. The van der Waals surface area contributed by atoms with Crippen LogP contribution in [0.1, 0.15) is 38.3 Å². The van der Waals surface area contributed by atoms with Crippen LogP contribution >= 0.6 is 12.4 Å². The number of aromatic nitrogens is 1. The van der Waals surface area contributed by atoms with E-state index in [-0.39, 0.29) is 29.8 Å². The molecule has 0 spiro atoms. The molecule has 1 aromatic carbocycles. The van der Waals surface area contributed by atoms with Gasteiger partial charge in [-0.05, 0) is 55.4 Å². The molecule has 2 aromatic rings. The Labute approximate surface area is 172 Å². The molecule has 0 bridgehead atoms. The Hall–Kier alpha value is -2.11. The summed E-state index contributed by atoms with van der Waals surface area (Å²) in [5.74, 6) is 0.902. The smallest absolute Gasteiger partial charge is 0.250 e. The highest BCUT2D eigenvalue weighted by Gasteiger charge is 2.28. The predicted molar refractivity (Wildman–Crippen MR) is 117 cm³/mol. The van der Waals surface area contributed by atoms with Gasteiger partial charge in [-0.2, -0.15) is 0 Å². The molecule has 1 saturated carbocycles. The molecule has 1 aliphatic carbocycles. The number of nitrogens with two attached hydrogens (primary N) is 1. The average molecular weight is 404 g/mol. The first-order valence-corrected chi connectivity index (χ1v) is 9.70. The molecule has 1 atom stereocenters. The number of amides is 1. The highest BCUT2D eigenvalue weighted by Crippen LogP contribution is 2.30. The van der Waals surface area contributed by atoms with Crippen LogP contribution in [0.25, 0.3) is 11.1 Å². The Morgan fingerprint density at radius 2 is 1.71 bits per heavy atom. The van der Waals surface area contributed by atoms with Crippen molar-refractivity contribution in [3.05, 3.63) is 52.4 Å². The maximum atomic E-state index is 12.5. The van der Waals surface area contributed by atoms with Crippen LogP contribution in [0.4, 0.5) is 5.69 Å². The Kier molecular flexibility index (Phi) is 7.44. The van der Waals surface area contributed by atoms with Crippen molar-refractivity contribution >= 4 is 24.0 Å². The second-order valence-corrected chi connectivity index (χ2v) is 7.84. The number of nitrogens with zero attached hydrogens (tertiary/aromatic N) is 1. The van der Waals surface area contributed by atoms with Crippen LogP contribution in [-0.2, 0) is 11.8 Å². The first kappa shape index (κ1) is 22.2. The number of pyridine rings is 1. The van der Waals surface area contributed by atoms with Crippen molar-refractivity contribution < 1.29 is 4.79 Å².